The van der Waals surface area contributed by atoms with Crippen LogP contribution in [-0.4, -0.2) is 36.4 Å². The van der Waals surface area contributed by atoms with Crippen molar-refractivity contribution in [3.63, 3.8) is 0 Å². The largest absolute Gasteiger partial charge is 0.462 e. The Labute approximate surface area is 273 Å². The first kappa shape index (κ1) is 42.4. The molecule has 0 aliphatic rings. The van der Waals surface area contributed by atoms with Crippen molar-refractivity contribution in [2.75, 3.05) is 13.2 Å². The van der Waals surface area contributed by atoms with E-state index in [1.165, 1.54) is 122 Å². The van der Waals surface area contributed by atoms with Crippen molar-refractivity contribution >= 4 is 11.9 Å². The van der Waals surface area contributed by atoms with Gasteiger partial charge >= 0.3 is 11.9 Å². The fraction of sp³-hybridized carbons (Fsp3) is 0.846. The molecule has 0 amide bonds. The number of esters is 2. The lowest BCUT2D eigenvalue weighted by molar-refractivity contribution is -0.161. The predicted octanol–water partition coefficient (Wildman–Crippen LogP) is 11.5. The second-order valence-corrected chi connectivity index (χ2v) is 12.6. The van der Waals surface area contributed by atoms with Crippen LogP contribution in [0.5, 0.6) is 0 Å². The van der Waals surface area contributed by atoms with Gasteiger partial charge in [-0.2, -0.15) is 0 Å². The summed E-state index contributed by atoms with van der Waals surface area (Å²) in [5, 5.41) is 9.52. The fourth-order valence-corrected chi connectivity index (χ4v) is 5.29. The molecular weight excluding hydrogens is 548 g/mol. The molecule has 0 aliphatic heterocycles. The Balaban J connectivity index is 3.53. The maximum Gasteiger partial charge on any atom is 0.306 e. The lowest BCUT2D eigenvalue weighted by Gasteiger charge is -2.15. The highest BCUT2D eigenvalue weighted by Gasteiger charge is 2.16. The van der Waals surface area contributed by atoms with Crippen molar-refractivity contribution in [2.45, 2.75) is 200 Å². The molecule has 0 aromatic rings. The van der Waals surface area contributed by atoms with Crippen molar-refractivity contribution in [2.24, 2.45) is 0 Å². The Morgan fingerprint density at radius 2 is 0.864 bits per heavy atom. The molecule has 0 aliphatic carbocycles. The van der Waals surface area contributed by atoms with Crippen molar-refractivity contribution < 1.29 is 24.2 Å². The molecule has 0 aromatic carbocycles. The van der Waals surface area contributed by atoms with E-state index in [0.29, 0.717) is 12.8 Å². The molecule has 5 heteroatoms. The maximum absolute atomic E-state index is 12.1. The Morgan fingerprint density at radius 1 is 0.500 bits per heavy atom. The summed E-state index contributed by atoms with van der Waals surface area (Å²) >= 11 is 0. The van der Waals surface area contributed by atoms with Gasteiger partial charge < -0.3 is 14.6 Å². The average Bonchev–Trinajstić information content (AvgIpc) is 3.02. The Hall–Kier alpha value is -1.62. The van der Waals surface area contributed by atoms with Crippen LogP contribution in [0, 0.1) is 0 Å². The molecule has 0 saturated heterocycles. The van der Waals surface area contributed by atoms with Gasteiger partial charge in [0.05, 0.1) is 6.61 Å². The van der Waals surface area contributed by atoms with Gasteiger partial charge in [-0.1, -0.05) is 147 Å². The molecule has 0 spiro atoms. The van der Waals surface area contributed by atoms with Gasteiger partial charge in [0.2, 0.25) is 0 Å². The predicted molar refractivity (Wildman–Crippen MR) is 187 cm³/mol. The molecule has 0 fully saturated rings. The Morgan fingerprint density at radius 3 is 1.30 bits per heavy atom. The monoisotopic (exact) mass is 621 g/mol. The van der Waals surface area contributed by atoms with E-state index in [-0.39, 0.29) is 25.2 Å². The number of ether oxygens (including phenoxy) is 2. The SMILES string of the molecule is CCCCC=CCCCCCCCC(=O)OCC(CO)OC(=O)CCCCCCCCCCCC=CCCCCCCCC. The number of unbranched alkanes of at least 4 members (excludes halogenated alkanes) is 22. The van der Waals surface area contributed by atoms with E-state index < -0.39 is 6.10 Å². The van der Waals surface area contributed by atoms with Gasteiger partial charge in [0.1, 0.15) is 6.61 Å². The molecule has 1 unspecified atom stereocenters. The van der Waals surface area contributed by atoms with Crippen LogP contribution < -0.4 is 0 Å². The zero-order valence-electron chi connectivity index (χ0n) is 29.2. The summed E-state index contributed by atoms with van der Waals surface area (Å²) in [7, 11) is 0. The number of hydrogen-bond donors (Lipinski definition) is 1. The molecule has 44 heavy (non-hydrogen) atoms. The molecular formula is C39H72O5. The second-order valence-electron chi connectivity index (χ2n) is 12.6. The highest BCUT2D eigenvalue weighted by Crippen LogP contribution is 2.13. The average molecular weight is 621 g/mol. The number of hydrogen-bond acceptors (Lipinski definition) is 5. The number of carbonyl (C=O) groups is 2. The van der Waals surface area contributed by atoms with E-state index in [1.54, 1.807) is 0 Å². The molecule has 0 aromatic heterocycles. The molecule has 0 radical (unpaired) electrons. The van der Waals surface area contributed by atoms with Crippen LogP contribution in [0.3, 0.4) is 0 Å². The van der Waals surface area contributed by atoms with Crippen LogP contribution in [-0.2, 0) is 19.1 Å². The van der Waals surface area contributed by atoms with Gasteiger partial charge in [-0.3, -0.25) is 9.59 Å². The summed E-state index contributed by atoms with van der Waals surface area (Å²) in [6, 6.07) is 0. The summed E-state index contributed by atoms with van der Waals surface area (Å²) in [5.74, 6) is -0.602. The van der Waals surface area contributed by atoms with Gasteiger partial charge in [0.25, 0.3) is 0 Å². The maximum atomic E-state index is 12.1. The van der Waals surface area contributed by atoms with Crippen molar-refractivity contribution in [1.82, 2.24) is 0 Å². The third kappa shape index (κ3) is 33.3. The first-order valence-corrected chi connectivity index (χ1v) is 18.9. The standard InChI is InChI=1S/C39H72O5/c1-3-5-7-9-11-13-15-16-17-18-19-20-21-22-24-26-28-30-32-34-39(42)44-37(35-40)36-43-38(41)33-31-29-27-25-23-14-12-10-8-6-4-2/h10,12,16-17,37,40H,3-9,11,13-15,18-36H2,1-2H3. The molecule has 5 nitrogen and oxygen atoms in total. The quantitative estimate of drug-likeness (QED) is 0.0440. The molecule has 0 heterocycles. The number of allylic oxidation sites excluding steroid dienone is 4. The van der Waals surface area contributed by atoms with Crippen molar-refractivity contribution in [3.05, 3.63) is 24.3 Å². The Bertz CT molecular complexity index is 671. The zero-order chi connectivity index (χ0) is 32.2. The van der Waals surface area contributed by atoms with Crippen molar-refractivity contribution in [1.29, 1.82) is 0 Å². The van der Waals surface area contributed by atoms with Gasteiger partial charge in [0.15, 0.2) is 6.10 Å². The zero-order valence-corrected chi connectivity index (χ0v) is 29.2. The van der Waals surface area contributed by atoms with Crippen LogP contribution in [0.4, 0.5) is 0 Å². The first-order valence-electron chi connectivity index (χ1n) is 18.9. The highest BCUT2D eigenvalue weighted by molar-refractivity contribution is 5.70. The number of aliphatic hydroxyl groups excluding tert-OH is 1. The minimum absolute atomic E-state index is 0.0685. The summed E-state index contributed by atoms with van der Waals surface area (Å²) in [5.41, 5.74) is 0. The minimum atomic E-state index is -0.771. The van der Waals surface area contributed by atoms with Crippen LogP contribution >= 0.6 is 0 Å². The van der Waals surface area contributed by atoms with Gasteiger partial charge in [0, 0.05) is 12.8 Å². The fourth-order valence-electron chi connectivity index (χ4n) is 5.29. The molecule has 0 bridgehead atoms. The Kier molecular flexibility index (Phi) is 34.5. The lowest BCUT2D eigenvalue weighted by Crippen LogP contribution is -2.28. The van der Waals surface area contributed by atoms with Crippen LogP contribution in [0.2, 0.25) is 0 Å². The second kappa shape index (κ2) is 35.9. The summed E-state index contributed by atoms with van der Waals surface area (Å²) < 4.78 is 10.6. The van der Waals surface area contributed by atoms with Gasteiger partial charge in [-0.05, 0) is 57.8 Å². The van der Waals surface area contributed by atoms with E-state index >= 15 is 0 Å². The van der Waals surface area contributed by atoms with E-state index in [2.05, 4.69) is 38.2 Å². The normalized spacial score (nSPS) is 12.3. The van der Waals surface area contributed by atoms with Crippen LogP contribution in [0.1, 0.15) is 194 Å². The number of rotatable bonds is 34. The minimum Gasteiger partial charge on any atom is -0.462 e. The summed E-state index contributed by atoms with van der Waals surface area (Å²) in [6.07, 6.45) is 40.9. The third-order valence-electron chi connectivity index (χ3n) is 8.22. The van der Waals surface area contributed by atoms with Crippen LogP contribution in [0.25, 0.3) is 0 Å². The smallest absolute Gasteiger partial charge is 0.306 e. The lowest BCUT2D eigenvalue weighted by atomic mass is 10.1. The number of aliphatic hydroxyl groups is 1. The van der Waals surface area contributed by atoms with E-state index in [1.807, 2.05) is 0 Å². The molecule has 1 atom stereocenters. The van der Waals surface area contributed by atoms with E-state index in [0.717, 1.165) is 44.9 Å². The van der Waals surface area contributed by atoms with Crippen LogP contribution in [0.15, 0.2) is 24.3 Å². The molecule has 258 valence electrons. The van der Waals surface area contributed by atoms with Crippen molar-refractivity contribution in [3.8, 4) is 0 Å². The van der Waals surface area contributed by atoms with Gasteiger partial charge in [-0.15, -0.1) is 0 Å². The molecule has 1 N–H and O–H groups in total. The van der Waals surface area contributed by atoms with Gasteiger partial charge in [-0.25, -0.2) is 0 Å². The molecule has 0 saturated carbocycles. The summed E-state index contributed by atoms with van der Waals surface area (Å²) in [4.78, 5) is 24.2. The first-order chi connectivity index (χ1) is 21.6. The van der Waals surface area contributed by atoms with E-state index in [4.69, 9.17) is 9.47 Å². The topological polar surface area (TPSA) is 72.8 Å². The molecule has 0 rings (SSSR count). The third-order valence-corrected chi connectivity index (χ3v) is 8.22. The summed E-state index contributed by atoms with van der Waals surface area (Å²) in [6.45, 7) is 4.08. The van der Waals surface area contributed by atoms with E-state index in [9.17, 15) is 14.7 Å². The highest BCUT2D eigenvalue weighted by atomic mass is 16.6. The number of carbonyl (C=O) groups excluding carboxylic acids is 2.